The Bertz CT molecular complexity index is 484. The Morgan fingerprint density at radius 2 is 1.07 bits per heavy atom. The van der Waals surface area contributed by atoms with E-state index in [1.807, 2.05) is 0 Å². The number of allylic oxidation sites excluding steroid dienone is 4. The molecule has 0 heteroatoms. The predicted octanol–water partition coefficient (Wildman–Crippen LogP) is 8.88. The van der Waals surface area contributed by atoms with Crippen molar-refractivity contribution in [3.63, 3.8) is 0 Å². The fraction of sp³-hybridized carbons (Fsp3) is 0.786. The van der Waals surface area contributed by atoms with Gasteiger partial charge in [0.05, 0.1) is 0 Å². The van der Waals surface area contributed by atoms with Gasteiger partial charge in [-0.25, -0.2) is 0 Å². The van der Waals surface area contributed by atoms with Gasteiger partial charge in [-0.15, -0.1) is 0 Å². The van der Waals surface area contributed by atoms with E-state index < -0.39 is 0 Å². The molecule has 0 radical (unpaired) electrons. The number of hydrogen-bond acceptors (Lipinski definition) is 0. The van der Waals surface area contributed by atoms with Crippen molar-refractivity contribution < 1.29 is 0 Å². The van der Waals surface area contributed by atoms with E-state index in [-0.39, 0.29) is 0 Å². The van der Waals surface area contributed by atoms with Crippen molar-refractivity contribution in [2.45, 2.75) is 117 Å². The predicted molar refractivity (Wildman–Crippen MR) is 125 cm³/mol. The van der Waals surface area contributed by atoms with Crippen LogP contribution in [0, 0.1) is 35.5 Å². The van der Waals surface area contributed by atoms with Crippen LogP contribution in [0.1, 0.15) is 117 Å². The van der Waals surface area contributed by atoms with Gasteiger partial charge in [0.1, 0.15) is 0 Å². The summed E-state index contributed by atoms with van der Waals surface area (Å²) in [7, 11) is 0. The lowest BCUT2D eigenvalue weighted by molar-refractivity contribution is 0.288. The molecule has 2 fully saturated rings. The maximum absolute atomic E-state index is 3.25. The SMILES string of the molecule is CCCCCCC[C@H]1CC[C@H](C=CC#CC=C[C@H]2CC[C@H](CCC)CC2)CC1. The Morgan fingerprint density at radius 3 is 1.57 bits per heavy atom. The summed E-state index contributed by atoms with van der Waals surface area (Å²) in [5.74, 6) is 10.1. The van der Waals surface area contributed by atoms with Crippen LogP contribution in [-0.4, -0.2) is 0 Å². The maximum Gasteiger partial charge on any atom is -0.0153 e. The number of unbranched alkanes of at least 4 members (excludes halogenated alkanes) is 4. The Morgan fingerprint density at radius 1 is 0.571 bits per heavy atom. The highest BCUT2D eigenvalue weighted by molar-refractivity contribution is 5.24. The van der Waals surface area contributed by atoms with Crippen LogP contribution < -0.4 is 0 Å². The topological polar surface area (TPSA) is 0 Å². The van der Waals surface area contributed by atoms with E-state index in [0.717, 1.165) is 23.7 Å². The summed E-state index contributed by atoms with van der Waals surface area (Å²) in [6.07, 6.45) is 31.7. The number of hydrogen-bond donors (Lipinski definition) is 0. The molecule has 0 nitrogen and oxygen atoms in total. The Kier molecular flexibility index (Phi) is 12.5. The normalized spacial score (nSPS) is 28.5. The van der Waals surface area contributed by atoms with Crippen LogP contribution in [0.3, 0.4) is 0 Å². The van der Waals surface area contributed by atoms with Crippen molar-refractivity contribution in [1.82, 2.24) is 0 Å². The molecular formula is C28H46. The lowest BCUT2D eigenvalue weighted by atomic mass is 9.79. The maximum atomic E-state index is 3.25. The van der Waals surface area contributed by atoms with Crippen LogP contribution in [0.5, 0.6) is 0 Å². The molecule has 0 amide bonds. The summed E-state index contributed by atoms with van der Waals surface area (Å²) < 4.78 is 0. The van der Waals surface area contributed by atoms with Gasteiger partial charge in [-0.2, -0.15) is 0 Å². The molecule has 0 aromatic carbocycles. The van der Waals surface area contributed by atoms with E-state index in [1.165, 1.54) is 103 Å². The van der Waals surface area contributed by atoms with E-state index >= 15 is 0 Å². The summed E-state index contributed by atoms with van der Waals surface area (Å²) in [5.41, 5.74) is 0. The monoisotopic (exact) mass is 382 g/mol. The third-order valence-corrected chi connectivity index (χ3v) is 7.18. The van der Waals surface area contributed by atoms with Crippen LogP contribution in [0.15, 0.2) is 24.3 Å². The summed E-state index contributed by atoms with van der Waals surface area (Å²) in [5, 5.41) is 0. The van der Waals surface area contributed by atoms with Crippen molar-refractivity contribution in [2.24, 2.45) is 23.7 Å². The molecule has 0 N–H and O–H groups in total. The van der Waals surface area contributed by atoms with E-state index in [1.54, 1.807) is 0 Å². The van der Waals surface area contributed by atoms with Gasteiger partial charge < -0.3 is 0 Å². The van der Waals surface area contributed by atoms with Gasteiger partial charge in [0.25, 0.3) is 0 Å². The van der Waals surface area contributed by atoms with E-state index in [4.69, 9.17) is 0 Å². The van der Waals surface area contributed by atoms with Crippen molar-refractivity contribution in [2.75, 3.05) is 0 Å². The molecule has 2 aliphatic carbocycles. The highest BCUT2D eigenvalue weighted by Gasteiger charge is 2.19. The van der Waals surface area contributed by atoms with Gasteiger partial charge in [0.15, 0.2) is 0 Å². The largest absolute Gasteiger partial charge is 0.0730 e. The van der Waals surface area contributed by atoms with Crippen molar-refractivity contribution in [1.29, 1.82) is 0 Å². The third-order valence-electron chi connectivity index (χ3n) is 7.18. The zero-order valence-electron chi connectivity index (χ0n) is 18.9. The zero-order chi connectivity index (χ0) is 19.9. The highest BCUT2D eigenvalue weighted by Crippen LogP contribution is 2.33. The average Bonchev–Trinajstić information content (AvgIpc) is 2.73. The summed E-state index contributed by atoms with van der Waals surface area (Å²) >= 11 is 0. The first kappa shape index (κ1) is 23.3. The second-order valence-electron chi connectivity index (χ2n) is 9.56. The molecule has 28 heavy (non-hydrogen) atoms. The van der Waals surface area contributed by atoms with E-state index in [2.05, 4.69) is 50.0 Å². The molecule has 0 aromatic heterocycles. The lowest BCUT2D eigenvalue weighted by Crippen LogP contribution is -2.13. The second kappa shape index (κ2) is 15.0. The van der Waals surface area contributed by atoms with Gasteiger partial charge in [0.2, 0.25) is 0 Å². The molecule has 2 saturated carbocycles. The second-order valence-corrected chi connectivity index (χ2v) is 9.56. The van der Waals surface area contributed by atoms with E-state index in [9.17, 15) is 0 Å². The minimum atomic E-state index is 0.781. The summed E-state index contributed by atoms with van der Waals surface area (Å²) in [6, 6.07) is 0. The van der Waals surface area contributed by atoms with Crippen LogP contribution >= 0.6 is 0 Å². The fourth-order valence-corrected chi connectivity index (χ4v) is 5.25. The zero-order valence-corrected chi connectivity index (χ0v) is 18.9. The smallest absolute Gasteiger partial charge is 0.0153 e. The molecule has 0 heterocycles. The molecule has 0 unspecified atom stereocenters. The van der Waals surface area contributed by atoms with Crippen LogP contribution in [0.4, 0.5) is 0 Å². The Labute approximate surface area is 176 Å². The third kappa shape index (κ3) is 10.0. The number of rotatable bonds is 10. The molecule has 0 aromatic rings. The molecular weight excluding hydrogens is 336 g/mol. The Balaban J connectivity index is 1.54. The fourth-order valence-electron chi connectivity index (χ4n) is 5.25. The van der Waals surface area contributed by atoms with Gasteiger partial charge >= 0.3 is 0 Å². The van der Waals surface area contributed by atoms with Gasteiger partial charge in [0, 0.05) is 0 Å². The quantitative estimate of drug-likeness (QED) is 0.261. The molecule has 158 valence electrons. The lowest BCUT2D eigenvalue weighted by Gasteiger charge is -2.26. The average molecular weight is 383 g/mol. The molecule has 0 bridgehead atoms. The van der Waals surface area contributed by atoms with Crippen LogP contribution in [0.25, 0.3) is 0 Å². The summed E-state index contributed by atoms with van der Waals surface area (Å²) in [6.45, 7) is 4.62. The Hall–Kier alpha value is -0.960. The molecule has 2 aliphatic rings. The van der Waals surface area contributed by atoms with Crippen molar-refractivity contribution >= 4 is 0 Å². The van der Waals surface area contributed by atoms with Gasteiger partial charge in [-0.1, -0.05) is 89.2 Å². The van der Waals surface area contributed by atoms with E-state index in [0.29, 0.717) is 0 Å². The van der Waals surface area contributed by atoms with Crippen molar-refractivity contribution in [3.8, 4) is 11.8 Å². The standard InChI is InChI=1S/C28H46/c1-3-5-6-7-10-14-27-21-23-28(24-22-27)16-12-9-8-11-15-26-19-17-25(13-4-2)18-20-26/h11-12,15-16,25-28H,3-7,10,13-14,17-24H2,1-2H3/t25-,26-,27-,28-. The van der Waals surface area contributed by atoms with Gasteiger partial charge in [-0.05, 0) is 87.2 Å². The molecule has 0 saturated heterocycles. The first-order valence-corrected chi connectivity index (χ1v) is 12.7. The molecule has 0 spiro atoms. The van der Waals surface area contributed by atoms with Gasteiger partial charge in [-0.3, -0.25) is 0 Å². The minimum Gasteiger partial charge on any atom is -0.0730 e. The van der Waals surface area contributed by atoms with Crippen LogP contribution in [0.2, 0.25) is 0 Å². The molecule has 0 aliphatic heterocycles. The highest BCUT2D eigenvalue weighted by atomic mass is 14.2. The molecule has 2 rings (SSSR count). The molecule has 0 atom stereocenters. The first-order chi connectivity index (χ1) is 13.8. The minimum absolute atomic E-state index is 0.781. The van der Waals surface area contributed by atoms with Crippen molar-refractivity contribution in [3.05, 3.63) is 24.3 Å². The summed E-state index contributed by atoms with van der Waals surface area (Å²) in [4.78, 5) is 0. The first-order valence-electron chi connectivity index (χ1n) is 12.7. The van der Waals surface area contributed by atoms with Crippen LogP contribution in [-0.2, 0) is 0 Å².